The van der Waals surface area contributed by atoms with E-state index in [1.54, 1.807) is 35.8 Å². The molecule has 0 aliphatic heterocycles. The number of fused-ring (bicyclic) bond motifs is 1. The molecule has 2 aromatic carbocycles. The normalized spacial score (nSPS) is 11.7. The predicted molar refractivity (Wildman–Crippen MR) is 103 cm³/mol. The number of anilines is 1. The van der Waals surface area contributed by atoms with Crippen LogP contribution < -0.4 is 10.9 Å². The highest BCUT2D eigenvalue weighted by molar-refractivity contribution is 7.13. The van der Waals surface area contributed by atoms with Crippen LogP contribution in [-0.4, -0.2) is 10.9 Å². The highest BCUT2D eigenvalue weighted by atomic mass is 32.1. The SMILES string of the molecule is Cc1ccc(F)c(N=c2oc3ccccc3cc2C(=O)Nc2nccs2)c1. The number of nitrogens with zero attached hydrogens (tertiary/aromatic N) is 2. The summed E-state index contributed by atoms with van der Waals surface area (Å²) in [5.41, 5.74) is 1.74. The van der Waals surface area contributed by atoms with Gasteiger partial charge < -0.3 is 4.42 Å². The third kappa shape index (κ3) is 3.63. The standard InChI is InChI=1S/C20H14FN3O2S/c1-12-6-7-15(21)16(10-12)23-19-14(18(25)24-20-22-8-9-27-20)11-13-4-2-3-5-17(13)26-19/h2-11H,1H3,(H,22,24,25). The molecule has 1 amide bonds. The lowest BCUT2D eigenvalue weighted by atomic mass is 10.1. The number of carbonyl (C=O) groups is 1. The Morgan fingerprint density at radius 3 is 2.89 bits per heavy atom. The number of amides is 1. The molecule has 134 valence electrons. The second-order valence-electron chi connectivity index (χ2n) is 5.86. The van der Waals surface area contributed by atoms with Crippen LogP contribution in [0, 0.1) is 12.7 Å². The molecular formula is C20H14FN3O2S. The van der Waals surface area contributed by atoms with Crippen LogP contribution in [0.5, 0.6) is 0 Å². The molecule has 2 heterocycles. The Morgan fingerprint density at radius 1 is 1.22 bits per heavy atom. The Kier molecular flexibility index (Phi) is 4.52. The maximum atomic E-state index is 14.2. The van der Waals surface area contributed by atoms with Crippen LogP contribution in [0.2, 0.25) is 0 Å². The van der Waals surface area contributed by atoms with Crippen LogP contribution in [0.15, 0.2) is 69.5 Å². The second-order valence-corrected chi connectivity index (χ2v) is 6.76. The van der Waals surface area contributed by atoms with Crippen LogP contribution in [0.25, 0.3) is 11.0 Å². The molecule has 0 aliphatic carbocycles. The zero-order valence-electron chi connectivity index (χ0n) is 14.3. The lowest BCUT2D eigenvalue weighted by molar-refractivity contribution is 0.102. The first kappa shape index (κ1) is 17.1. The fraction of sp³-hybridized carbons (Fsp3) is 0.0500. The Hall–Kier alpha value is -3.32. The number of aryl methyl sites for hydroxylation is 1. The summed E-state index contributed by atoms with van der Waals surface area (Å²) in [6.07, 6.45) is 1.60. The highest BCUT2D eigenvalue weighted by Gasteiger charge is 2.14. The van der Waals surface area contributed by atoms with Crippen molar-refractivity contribution in [1.29, 1.82) is 0 Å². The first-order chi connectivity index (χ1) is 13.1. The largest absolute Gasteiger partial charge is 0.438 e. The van der Waals surface area contributed by atoms with Crippen molar-refractivity contribution in [3.8, 4) is 0 Å². The van der Waals surface area contributed by atoms with Crippen LogP contribution in [-0.2, 0) is 0 Å². The first-order valence-corrected chi connectivity index (χ1v) is 9.03. The molecule has 0 unspecified atom stereocenters. The van der Waals surface area contributed by atoms with Gasteiger partial charge in [0.1, 0.15) is 22.7 Å². The van der Waals surface area contributed by atoms with Gasteiger partial charge in [-0.15, -0.1) is 11.3 Å². The maximum absolute atomic E-state index is 14.2. The van der Waals surface area contributed by atoms with Gasteiger partial charge in [-0.1, -0.05) is 24.3 Å². The monoisotopic (exact) mass is 379 g/mol. The number of carbonyl (C=O) groups excluding carboxylic acids is 1. The van der Waals surface area contributed by atoms with Crippen LogP contribution in [0.3, 0.4) is 0 Å². The molecule has 7 heteroatoms. The van der Waals surface area contributed by atoms with E-state index in [1.165, 1.54) is 17.4 Å². The number of rotatable bonds is 3. The number of benzene rings is 2. The summed E-state index contributed by atoms with van der Waals surface area (Å²) in [5.74, 6) is -0.915. The maximum Gasteiger partial charge on any atom is 0.262 e. The zero-order valence-corrected chi connectivity index (χ0v) is 15.1. The van der Waals surface area contributed by atoms with E-state index >= 15 is 0 Å². The quantitative estimate of drug-likeness (QED) is 0.555. The van der Waals surface area contributed by atoms with E-state index in [0.717, 1.165) is 10.9 Å². The number of nitrogens with one attached hydrogen (secondary N) is 1. The summed E-state index contributed by atoms with van der Waals surface area (Å²) in [4.78, 5) is 21.1. The minimum absolute atomic E-state index is 0.0345. The summed E-state index contributed by atoms with van der Waals surface area (Å²) >= 11 is 1.30. The summed E-state index contributed by atoms with van der Waals surface area (Å²) in [6.45, 7) is 1.84. The first-order valence-electron chi connectivity index (χ1n) is 8.15. The van der Waals surface area contributed by atoms with Crippen molar-refractivity contribution in [3.63, 3.8) is 0 Å². The molecule has 27 heavy (non-hydrogen) atoms. The van der Waals surface area contributed by atoms with Crippen molar-refractivity contribution < 1.29 is 13.6 Å². The minimum atomic E-state index is -0.491. The van der Waals surface area contributed by atoms with Gasteiger partial charge in [0.15, 0.2) is 5.13 Å². The number of thiazole rings is 1. The molecule has 0 atom stereocenters. The summed E-state index contributed by atoms with van der Waals surface area (Å²) in [6, 6.07) is 13.5. The molecule has 0 saturated heterocycles. The van der Waals surface area contributed by atoms with Crippen molar-refractivity contribution in [1.82, 2.24) is 4.98 Å². The van der Waals surface area contributed by atoms with Gasteiger partial charge in [-0.2, -0.15) is 0 Å². The molecular weight excluding hydrogens is 365 g/mol. The molecule has 0 fully saturated rings. The number of aromatic nitrogens is 1. The molecule has 0 aliphatic rings. The van der Waals surface area contributed by atoms with E-state index in [9.17, 15) is 9.18 Å². The van der Waals surface area contributed by atoms with Crippen LogP contribution in [0.1, 0.15) is 15.9 Å². The smallest absolute Gasteiger partial charge is 0.262 e. The Balaban J connectivity index is 1.90. The van der Waals surface area contributed by atoms with Gasteiger partial charge in [0.2, 0.25) is 5.55 Å². The van der Waals surface area contributed by atoms with E-state index in [-0.39, 0.29) is 16.8 Å². The van der Waals surface area contributed by atoms with E-state index in [1.807, 2.05) is 25.1 Å². The fourth-order valence-electron chi connectivity index (χ4n) is 2.58. The molecule has 2 aromatic heterocycles. The van der Waals surface area contributed by atoms with Crippen molar-refractivity contribution in [2.45, 2.75) is 6.92 Å². The third-order valence-corrected chi connectivity index (χ3v) is 4.57. The molecule has 1 N–H and O–H groups in total. The lowest BCUT2D eigenvalue weighted by Crippen LogP contribution is -2.21. The number of para-hydroxylation sites is 1. The predicted octanol–water partition coefficient (Wildman–Crippen LogP) is 4.82. The van der Waals surface area contributed by atoms with Gasteiger partial charge in [0.25, 0.3) is 5.91 Å². The van der Waals surface area contributed by atoms with E-state index in [2.05, 4.69) is 15.3 Å². The fourth-order valence-corrected chi connectivity index (χ4v) is 3.11. The van der Waals surface area contributed by atoms with Gasteiger partial charge in [-0.05, 0) is 36.8 Å². The number of hydrogen-bond acceptors (Lipinski definition) is 5. The average molecular weight is 379 g/mol. The van der Waals surface area contributed by atoms with Crippen molar-refractivity contribution >= 4 is 39.0 Å². The topological polar surface area (TPSA) is 67.5 Å². The third-order valence-electron chi connectivity index (χ3n) is 3.88. The molecule has 4 aromatic rings. The van der Waals surface area contributed by atoms with E-state index < -0.39 is 11.7 Å². The second kappa shape index (κ2) is 7.13. The Morgan fingerprint density at radius 2 is 2.07 bits per heavy atom. The Labute approximate surface area is 157 Å². The van der Waals surface area contributed by atoms with Crippen molar-refractivity contribution in [2.24, 2.45) is 4.99 Å². The van der Waals surface area contributed by atoms with E-state index in [4.69, 9.17) is 4.42 Å². The van der Waals surface area contributed by atoms with Gasteiger partial charge in [0.05, 0.1) is 0 Å². The molecule has 0 bridgehead atoms. The van der Waals surface area contributed by atoms with E-state index in [0.29, 0.717) is 10.7 Å². The van der Waals surface area contributed by atoms with Gasteiger partial charge in [-0.25, -0.2) is 14.4 Å². The van der Waals surface area contributed by atoms with Gasteiger partial charge >= 0.3 is 0 Å². The summed E-state index contributed by atoms with van der Waals surface area (Å²) in [7, 11) is 0. The highest BCUT2D eigenvalue weighted by Crippen LogP contribution is 2.20. The van der Waals surface area contributed by atoms with Crippen LogP contribution >= 0.6 is 11.3 Å². The Bertz CT molecular complexity index is 1200. The molecule has 4 rings (SSSR count). The zero-order chi connectivity index (χ0) is 18.8. The number of halogens is 1. The molecule has 5 nitrogen and oxygen atoms in total. The summed E-state index contributed by atoms with van der Waals surface area (Å²) < 4.78 is 20.0. The number of hydrogen-bond donors (Lipinski definition) is 1. The average Bonchev–Trinajstić information content (AvgIpc) is 3.17. The molecule has 0 spiro atoms. The van der Waals surface area contributed by atoms with Crippen LogP contribution in [0.4, 0.5) is 15.2 Å². The summed E-state index contributed by atoms with van der Waals surface area (Å²) in [5, 5.41) is 5.67. The van der Waals surface area contributed by atoms with Gasteiger partial charge in [0, 0.05) is 17.0 Å². The van der Waals surface area contributed by atoms with Gasteiger partial charge in [-0.3, -0.25) is 10.1 Å². The minimum Gasteiger partial charge on any atom is -0.438 e. The van der Waals surface area contributed by atoms with Crippen molar-refractivity contribution in [3.05, 3.63) is 82.6 Å². The van der Waals surface area contributed by atoms with Crippen molar-refractivity contribution in [2.75, 3.05) is 5.32 Å². The molecule has 0 saturated carbocycles. The molecule has 0 radical (unpaired) electrons. The lowest BCUT2D eigenvalue weighted by Gasteiger charge is -2.05.